The van der Waals surface area contributed by atoms with E-state index in [4.69, 9.17) is 4.74 Å². The summed E-state index contributed by atoms with van der Waals surface area (Å²) in [5, 5.41) is 0. The van der Waals surface area contributed by atoms with Gasteiger partial charge >= 0.3 is 5.97 Å². The number of hydrogen-bond acceptors (Lipinski definition) is 3. The van der Waals surface area contributed by atoms with Crippen molar-refractivity contribution in [2.24, 2.45) is 5.92 Å². The second-order valence-corrected chi connectivity index (χ2v) is 5.12. The van der Waals surface area contributed by atoms with Crippen molar-refractivity contribution >= 4 is 11.7 Å². The summed E-state index contributed by atoms with van der Waals surface area (Å²) in [6.45, 7) is 4.57. The monoisotopic (exact) mass is 251 g/mol. The number of hydrogen-bond donors (Lipinski definition) is 0. The number of carbonyl (C=O) groups is 1. The molecule has 0 spiro atoms. The standard InChI is InChI=1S/C14H18FNO2/c1-14(2)10(13(17)18-3)8-9-16(14)12-7-5-4-6-11(12)15/h4-7,10H,8-9H2,1-3H3. The van der Waals surface area contributed by atoms with Gasteiger partial charge in [-0.05, 0) is 32.4 Å². The quantitative estimate of drug-likeness (QED) is 0.757. The molecule has 0 N–H and O–H groups in total. The highest BCUT2D eigenvalue weighted by atomic mass is 19.1. The van der Waals surface area contributed by atoms with E-state index in [1.54, 1.807) is 18.2 Å². The highest BCUT2D eigenvalue weighted by Gasteiger charge is 2.46. The maximum Gasteiger partial charge on any atom is 0.311 e. The molecule has 1 unspecified atom stereocenters. The van der Waals surface area contributed by atoms with Gasteiger partial charge in [0.25, 0.3) is 0 Å². The molecule has 1 saturated heterocycles. The van der Waals surface area contributed by atoms with Crippen molar-refractivity contribution < 1.29 is 13.9 Å². The molecule has 0 radical (unpaired) electrons. The van der Waals surface area contributed by atoms with Gasteiger partial charge in [0, 0.05) is 12.1 Å². The molecule has 0 aromatic heterocycles. The number of carbonyl (C=O) groups excluding carboxylic acids is 1. The topological polar surface area (TPSA) is 29.5 Å². The fourth-order valence-corrected chi connectivity index (χ4v) is 2.74. The lowest BCUT2D eigenvalue weighted by atomic mass is 9.88. The van der Waals surface area contributed by atoms with Crippen molar-refractivity contribution in [1.82, 2.24) is 0 Å². The minimum atomic E-state index is -0.435. The Hall–Kier alpha value is -1.58. The van der Waals surface area contributed by atoms with Crippen molar-refractivity contribution in [3.05, 3.63) is 30.1 Å². The summed E-state index contributed by atoms with van der Waals surface area (Å²) >= 11 is 0. The van der Waals surface area contributed by atoms with Crippen LogP contribution in [0, 0.1) is 11.7 Å². The number of halogens is 1. The van der Waals surface area contributed by atoms with Gasteiger partial charge in [-0.3, -0.25) is 4.79 Å². The van der Waals surface area contributed by atoms with Gasteiger partial charge in [0.15, 0.2) is 0 Å². The lowest BCUT2D eigenvalue weighted by molar-refractivity contribution is -0.146. The number of benzene rings is 1. The van der Waals surface area contributed by atoms with Gasteiger partial charge in [0.1, 0.15) is 5.82 Å². The lowest BCUT2D eigenvalue weighted by Gasteiger charge is -2.36. The van der Waals surface area contributed by atoms with Crippen molar-refractivity contribution in [3.63, 3.8) is 0 Å². The molecule has 1 aromatic carbocycles. The molecule has 0 saturated carbocycles. The van der Waals surface area contributed by atoms with Crippen LogP contribution in [-0.2, 0) is 9.53 Å². The Bertz CT molecular complexity index is 459. The van der Waals surface area contributed by atoms with Crippen molar-refractivity contribution in [1.29, 1.82) is 0 Å². The first-order valence-electron chi connectivity index (χ1n) is 6.08. The van der Waals surface area contributed by atoms with Crippen LogP contribution in [0.25, 0.3) is 0 Å². The van der Waals surface area contributed by atoms with E-state index >= 15 is 0 Å². The van der Waals surface area contributed by atoms with Crippen LogP contribution in [0.5, 0.6) is 0 Å². The molecule has 98 valence electrons. The first kappa shape index (κ1) is 12.9. The van der Waals surface area contributed by atoms with Crippen molar-refractivity contribution in [2.75, 3.05) is 18.6 Å². The summed E-state index contributed by atoms with van der Waals surface area (Å²) in [4.78, 5) is 13.7. The first-order chi connectivity index (χ1) is 8.48. The predicted molar refractivity (Wildman–Crippen MR) is 67.9 cm³/mol. The Morgan fingerprint density at radius 3 is 2.72 bits per heavy atom. The van der Waals surface area contributed by atoms with Gasteiger partial charge in [-0.15, -0.1) is 0 Å². The summed E-state index contributed by atoms with van der Waals surface area (Å²) < 4.78 is 18.7. The van der Waals surface area contributed by atoms with Crippen LogP contribution in [0.3, 0.4) is 0 Å². The number of rotatable bonds is 2. The number of ether oxygens (including phenoxy) is 1. The number of esters is 1. The second kappa shape index (κ2) is 4.59. The van der Waals surface area contributed by atoms with Crippen LogP contribution >= 0.6 is 0 Å². The summed E-state index contributed by atoms with van der Waals surface area (Å²) in [6.07, 6.45) is 0.688. The van der Waals surface area contributed by atoms with Gasteiger partial charge in [-0.25, -0.2) is 4.39 Å². The fourth-order valence-electron chi connectivity index (χ4n) is 2.74. The summed E-state index contributed by atoms with van der Waals surface area (Å²) in [5.74, 6) is -0.697. The van der Waals surface area contributed by atoms with Crippen LogP contribution in [-0.4, -0.2) is 25.2 Å². The van der Waals surface area contributed by atoms with Crippen molar-refractivity contribution in [2.45, 2.75) is 25.8 Å². The molecule has 1 atom stereocenters. The molecule has 1 fully saturated rings. The van der Waals surface area contributed by atoms with Gasteiger partial charge in [-0.1, -0.05) is 12.1 Å². The van der Waals surface area contributed by atoms with Crippen molar-refractivity contribution in [3.8, 4) is 0 Å². The molecular weight excluding hydrogens is 233 g/mol. The smallest absolute Gasteiger partial charge is 0.311 e. The highest BCUT2D eigenvalue weighted by molar-refractivity contribution is 5.76. The van der Waals surface area contributed by atoms with E-state index in [1.165, 1.54) is 13.2 Å². The van der Waals surface area contributed by atoms with E-state index in [0.717, 1.165) is 0 Å². The van der Waals surface area contributed by atoms with E-state index in [-0.39, 0.29) is 17.7 Å². The number of para-hydroxylation sites is 1. The molecule has 1 aliphatic heterocycles. The number of anilines is 1. The molecule has 4 heteroatoms. The third kappa shape index (κ3) is 1.96. The molecule has 1 aliphatic rings. The van der Waals surface area contributed by atoms with Gasteiger partial charge < -0.3 is 9.64 Å². The van der Waals surface area contributed by atoms with Crippen LogP contribution < -0.4 is 4.90 Å². The molecule has 18 heavy (non-hydrogen) atoms. The zero-order valence-corrected chi connectivity index (χ0v) is 10.9. The van der Waals surface area contributed by atoms with E-state index in [2.05, 4.69) is 0 Å². The molecule has 0 amide bonds. The lowest BCUT2D eigenvalue weighted by Crippen LogP contribution is -2.45. The first-order valence-corrected chi connectivity index (χ1v) is 6.08. The Morgan fingerprint density at radius 2 is 2.11 bits per heavy atom. The Morgan fingerprint density at radius 1 is 1.44 bits per heavy atom. The molecule has 3 nitrogen and oxygen atoms in total. The van der Waals surface area contributed by atoms with Gasteiger partial charge in [0.05, 0.1) is 18.7 Å². The molecule has 0 bridgehead atoms. The molecule has 1 heterocycles. The summed E-state index contributed by atoms with van der Waals surface area (Å²) in [7, 11) is 1.39. The predicted octanol–water partition coefficient (Wildman–Crippen LogP) is 2.60. The van der Waals surface area contributed by atoms with Crippen LogP contribution in [0.15, 0.2) is 24.3 Å². The average molecular weight is 251 g/mol. The zero-order valence-electron chi connectivity index (χ0n) is 10.9. The molecule has 2 rings (SSSR count). The van der Waals surface area contributed by atoms with E-state index in [1.807, 2.05) is 18.7 Å². The largest absolute Gasteiger partial charge is 0.469 e. The summed E-state index contributed by atoms with van der Waals surface area (Å²) in [6, 6.07) is 6.66. The third-order valence-electron chi connectivity index (χ3n) is 3.82. The molecular formula is C14H18FNO2. The van der Waals surface area contributed by atoms with Gasteiger partial charge in [-0.2, -0.15) is 0 Å². The maximum atomic E-state index is 13.8. The fraction of sp³-hybridized carbons (Fsp3) is 0.500. The Kier molecular flexibility index (Phi) is 3.28. The third-order valence-corrected chi connectivity index (χ3v) is 3.82. The average Bonchev–Trinajstić information content (AvgIpc) is 2.64. The Labute approximate surface area is 107 Å². The van der Waals surface area contributed by atoms with Crippen LogP contribution in [0.2, 0.25) is 0 Å². The Balaban J connectivity index is 2.33. The summed E-state index contributed by atoms with van der Waals surface area (Å²) in [5.41, 5.74) is 0.115. The molecule has 0 aliphatic carbocycles. The van der Waals surface area contributed by atoms with Crippen LogP contribution in [0.4, 0.5) is 10.1 Å². The minimum absolute atomic E-state index is 0.220. The van der Waals surface area contributed by atoms with E-state index in [9.17, 15) is 9.18 Å². The van der Waals surface area contributed by atoms with E-state index in [0.29, 0.717) is 18.7 Å². The minimum Gasteiger partial charge on any atom is -0.469 e. The van der Waals surface area contributed by atoms with E-state index < -0.39 is 5.54 Å². The molecule has 1 aromatic rings. The zero-order chi connectivity index (χ0) is 13.3. The normalized spacial score (nSPS) is 22.0. The second-order valence-electron chi connectivity index (χ2n) is 5.12. The van der Waals surface area contributed by atoms with Crippen LogP contribution in [0.1, 0.15) is 20.3 Å². The maximum absolute atomic E-state index is 13.8. The highest BCUT2D eigenvalue weighted by Crippen LogP contribution is 2.39. The number of methoxy groups -OCH3 is 1. The number of nitrogens with zero attached hydrogens (tertiary/aromatic N) is 1. The SMILES string of the molecule is COC(=O)C1CCN(c2ccccc2F)C1(C)C. The van der Waals surface area contributed by atoms with Gasteiger partial charge in [0.2, 0.25) is 0 Å².